The zero-order valence-corrected chi connectivity index (χ0v) is 14.4. The van der Waals surface area contributed by atoms with E-state index in [0.717, 1.165) is 22.0 Å². The first kappa shape index (κ1) is 16.7. The molecule has 1 heterocycles. The number of nitrogens with two attached hydrogens (primary N) is 1. The van der Waals surface area contributed by atoms with Crippen molar-refractivity contribution in [3.05, 3.63) is 48.0 Å². The van der Waals surface area contributed by atoms with Crippen LogP contribution in [0.5, 0.6) is 5.88 Å². The number of fused-ring (bicyclic) bond motifs is 1. The number of carbonyl (C=O) groups is 1. The number of nitrogens with zero attached hydrogens (tertiary/aromatic N) is 2. The van der Waals surface area contributed by atoms with Crippen LogP contribution in [0.2, 0.25) is 0 Å². The van der Waals surface area contributed by atoms with E-state index in [0.29, 0.717) is 11.4 Å². The van der Waals surface area contributed by atoms with Crippen molar-refractivity contribution in [2.45, 2.75) is 20.0 Å². The number of benzene rings is 2. The van der Waals surface area contributed by atoms with Gasteiger partial charge >= 0.3 is 0 Å². The van der Waals surface area contributed by atoms with Gasteiger partial charge < -0.3 is 15.8 Å². The second kappa shape index (κ2) is 6.76. The van der Waals surface area contributed by atoms with E-state index in [1.54, 1.807) is 19.2 Å². The highest BCUT2D eigenvalue weighted by molar-refractivity contribution is 5.95. The van der Waals surface area contributed by atoms with E-state index in [9.17, 15) is 4.79 Å². The Kier molecular flexibility index (Phi) is 4.52. The molecule has 6 nitrogen and oxygen atoms in total. The Hall–Kier alpha value is -3.15. The van der Waals surface area contributed by atoms with Crippen LogP contribution in [0.1, 0.15) is 24.2 Å². The molecule has 0 aliphatic heterocycles. The van der Waals surface area contributed by atoms with Crippen LogP contribution in [-0.2, 0) is 0 Å². The normalized spacial score (nSPS) is 10.9. The molecule has 0 fully saturated rings. The zero-order chi connectivity index (χ0) is 18.0. The Morgan fingerprint density at radius 3 is 2.40 bits per heavy atom. The Labute approximate surface area is 146 Å². The van der Waals surface area contributed by atoms with E-state index in [4.69, 9.17) is 10.5 Å². The summed E-state index contributed by atoms with van der Waals surface area (Å²) in [4.78, 5) is 20.1. The van der Waals surface area contributed by atoms with Crippen molar-refractivity contribution in [2.75, 3.05) is 12.8 Å². The van der Waals surface area contributed by atoms with Crippen LogP contribution in [0, 0.1) is 0 Å². The van der Waals surface area contributed by atoms with Crippen LogP contribution in [0.3, 0.4) is 0 Å². The maximum atomic E-state index is 11.7. The van der Waals surface area contributed by atoms with E-state index >= 15 is 0 Å². The molecule has 0 unspecified atom stereocenters. The first-order valence-corrected chi connectivity index (χ1v) is 8.04. The van der Waals surface area contributed by atoms with Gasteiger partial charge in [0.05, 0.1) is 17.0 Å². The fourth-order valence-corrected chi connectivity index (χ4v) is 2.57. The molecule has 0 saturated carbocycles. The third-order valence-electron chi connectivity index (χ3n) is 3.73. The van der Waals surface area contributed by atoms with Crippen molar-refractivity contribution in [3.8, 4) is 17.0 Å². The minimum atomic E-state index is -0.110. The molecule has 25 heavy (non-hydrogen) atoms. The Morgan fingerprint density at radius 2 is 1.76 bits per heavy atom. The van der Waals surface area contributed by atoms with Crippen molar-refractivity contribution >= 4 is 22.8 Å². The molecule has 0 atom stereocenters. The molecule has 128 valence electrons. The lowest BCUT2D eigenvalue weighted by Gasteiger charge is -2.12. The quantitative estimate of drug-likeness (QED) is 0.764. The zero-order valence-electron chi connectivity index (χ0n) is 14.4. The first-order chi connectivity index (χ1) is 12.0. The van der Waals surface area contributed by atoms with Crippen LogP contribution in [-0.4, -0.2) is 29.0 Å². The van der Waals surface area contributed by atoms with Crippen molar-refractivity contribution in [1.82, 2.24) is 15.3 Å². The average molecular weight is 336 g/mol. The van der Waals surface area contributed by atoms with Gasteiger partial charge in [-0.3, -0.25) is 4.79 Å². The molecule has 2 aromatic carbocycles. The summed E-state index contributed by atoms with van der Waals surface area (Å²) >= 11 is 0. The van der Waals surface area contributed by atoms with E-state index in [1.807, 2.05) is 44.2 Å². The largest absolute Gasteiger partial charge is 0.474 e. The van der Waals surface area contributed by atoms with Crippen molar-refractivity contribution in [1.29, 1.82) is 0 Å². The maximum absolute atomic E-state index is 11.7. The fourth-order valence-electron chi connectivity index (χ4n) is 2.57. The lowest BCUT2D eigenvalue weighted by Crippen LogP contribution is -2.17. The number of nitrogen functional groups attached to an aromatic ring is 1. The highest BCUT2D eigenvalue weighted by Crippen LogP contribution is 2.29. The number of rotatable bonds is 4. The van der Waals surface area contributed by atoms with Gasteiger partial charge in [-0.15, -0.1) is 0 Å². The molecular weight excluding hydrogens is 316 g/mol. The van der Waals surface area contributed by atoms with Gasteiger partial charge in [-0.05, 0) is 49.2 Å². The van der Waals surface area contributed by atoms with E-state index in [2.05, 4.69) is 15.3 Å². The maximum Gasteiger partial charge on any atom is 0.251 e. The van der Waals surface area contributed by atoms with E-state index in [1.165, 1.54) is 0 Å². The third-order valence-corrected chi connectivity index (χ3v) is 3.73. The molecule has 0 radical (unpaired) electrons. The number of carbonyl (C=O) groups excluding carboxylic acids is 1. The van der Waals surface area contributed by atoms with Crippen molar-refractivity contribution in [3.63, 3.8) is 0 Å². The Morgan fingerprint density at radius 1 is 1.08 bits per heavy atom. The number of amides is 1. The number of anilines is 1. The van der Waals surface area contributed by atoms with Crippen molar-refractivity contribution in [2.24, 2.45) is 0 Å². The van der Waals surface area contributed by atoms with Crippen LogP contribution < -0.4 is 15.8 Å². The highest BCUT2D eigenvalue weighted by atomic mass is 16.5. The Bertz CT molecular complexity index is 921. The van der Waals surface area contributed by atoms with Gasteiger partial charge in [0.15, 0.2) is 0 Å². The fraction of sp³-hybridized carbons (Fsp3) is 0.211. The SMILES string of the molecule is CNC(=O)c1ccc(-c2ccc3nc(N)nc(OC(C)C)c3c2)cc1. The second-order valence-electron chi connectivity index (χ2n) is 5.94. The number of nitrogens with one attached hydrogen (secondary N) is 1. The minimum absolute atomic E-state index is 0.0204. The number of ether oxygens (including phenoxy) is 1. The number of hydrogen-bond donors (Lipinski definition) is 2. The summed E-state index contributed by atoms with van der Waals surface area (Å²) < 4.78 is 5.78. The molecule has 0 aliphatic rings. The van der Waals surface area contributed by atoms with Gasteiger partial charge in [-0.25, -0.2) is 4.98 Å². The summed E-state index contributed by atoms with van der Waals surface area (Å²) in [6, 6.07) is 13.2. The second-order valence-corrected chi connectivity index (χ2v) is 5.94. The van der Waals surface area contributed by atoms with Crippen LogP contribution in [0.25, 0.3) is 22.0 Å². The molecule has 3 rings (SSSR count). The summed E-state index contributed by atoms with van der Waals surface area (Å²) in [5.74, 6) is 0.550. The molecule has 3 N–H and O–H groups in total. The topological polar surface area (TPSA) is 90.1 Å². The number of hydrogen-bond acceptors (Lipinski definition) is 5. The van der Waals surface area contributed by atoms with Gasteiger partial charge in [-0.2, -0.15) is 4.98 Å². The van der Waals surface area contributed by atoms with Gasteiger partial charge in [0.1, 0.15) is 0 Å². The van der Waals surface area contributed by atoms with Gasteiger partial charge in [-0.1, -0.05) is 18.2 Å². The average Bonchev–Trinajstić information content (AvgIpc) is 2.60. The standard InChI is InChI=1S/C19H20N4O2/c1-11(2)25-18-15-10-14(8-9-16(15)22-19(20)23-18)12-4-6-13(7-5-12)17(24)21-3/h4-11H,1-3H3,(H,21,24)(H2,20,22,23). The molecule has 0 saturated heterocycles. The summed E-state index contributed by atoms with van der Waals surface area (Å²) in [6.07, 6.45) is -0.0204. The Balaban J connectivity index is 2.05. The van der Waals surface area contributed by atoms with E-state index in [-0.39, 0.29) is 18.0 Å². The lowest BCUT2D eigenvalue weighted by atomic mass is 10.0. The molecule has 3 aromatic rings. The predicted octanol–water partition coefficient (Wildman–Crippen LogP) is 3.03. The third kappa shape index (κ3) is 3.52. The monoisotopic (exact) mass is 336 g/mol. The molecule has 1 amide bonds. The molecule has 1 aromatic heterocycles. The van der Waals surface area contributed by atoms with Gasteiger partial charge in [0, 0.05) is 12.6 Å². The number of aromatic nitrogens is 2. The lowest BCUT2D eigenvalue weighted by molar-refractivity contribution is 0.0963. The van der Waals surface area contributed by atoms with Crippen LogP contribution >= 0.6 is 0 Å². The summed E-state index contributed by atoms with van der Waals surface area (Å²) in [7, 11) is 1.61. The van der Waals surface area contributed by atoms with Crippen LogP contribution in [0.15, 0.2) is 42.5 Å². The molecular formula is C19H20N4O2. The van der Waals surface area contributed by atoms with Crippen molar-refractivity contribution < 1.29 is 9.53 Å². The smallest absolute Gasteiger partial charge is 0.251 e. The van der Waals surface area contributed by atoms with E-state index < -0.39 is 0 Å². The minimum Gasteiger partial charge on any atom is -0.474 e. The molecule has 0 spiro atoms. The molecule has 0 bridgehead atoms. The van der Waals surface area contributed by atoms with Gasteiger partial charge in [0.25, 0.3) is 5.91 Å². The molecule has 0 aliphatic carbocycles. The van der Waals surface area contributed by atoms with Gasteiger partial charge in [0.2, 0.25) is 11.8 Å². The molecule has 6 heteroatoms. The predicted molar refractivity (Wildman–Crippen MR) is 98.5 cm³/mol. The first-order valence-electron chi connectivity index (χ1n) is 8.04. The van der Waals surface area contributed by atoms with Crippen LogP contribution in [0.4, 0.5) is 5.95 Å². The summed E-state index contributed by atoms with van der Waals surface area (Å²) in [5, 5.41) is 3.41. The highest BCUT2D eigenvalue weighted by Gasteiger charge is 2.11. The summed E-state index contributed by atoms with van der Waals surface area (Å²) in [6.45, 7) is 3.87. The summed E-state index contributed by atoms with van der Waals surface area (Å²) in [5.41, 5.74) is 9.09.